The first kappa shape index (κ1) is 23.2. The number of nitrogens with zero attached hydrogens (tertiary/aromatic N) is 3. The Morgan fingerprint density at radius 3 is 2.31 bits per heavy atom. The van der Waals surface area contributed by atoms with Gasteiger partial charge in [0.1, 0.15) is 11.8 Å². The third-order valence-electron chi connectivity index (χ3n) is 5.11. The van der Waals surface area contributed by atoms with Crippen molar-refractivity contribution in [2.24, 2.45) is 0 Å². The number of amides is 3. The van der Waals surface area contributed by atoms with Gasteiger partial charge in [-0.1, -0.05) is 0 Å². The zero-order valence-corrected chi connectivity index (χ0v) is 17.7. The Hall–Kier alpha value is -3.44. The molecule has 12 heteroatoms. The molecule has 2 aliphatic heterocycles. The lowest BCUT2D eigenvalue weighted by atomic mass is 10.2. The van der Waals surface area contributed by atoms with Crippen molar-refractivity contribution < 1.29 is 37.4 Å². The summed E-state index contributed by atoms with van der Waals surface area (Å²) in [5.41, 5.74) is -0.238. The fourth-order valence-electron chi connectivity index (χ4n) is 3.54. The predicted molar refractivity (Wildman–Crippen MR) is 108 cm³/mol. The first-order chi connectivity index (χ1) is 15.2. The highest BCUT2D eigenvalue weighted by Crippen LogP contribution is 2.31. The summed E-state index contributed by atoms with van der Waals surface area (Å²) in [7, 11) is 0. The molecule has 2 saturated heterocycles. The maximum atomic E-state index is 14.8. The second-order valence-corrected chi connectivity index (χ2v) is 7.46. The number of benzene rings is 1. The van der Waals surface area contributed by atoms with E-state index < -0.39 is 29.8 Å². The van der Waals surface area contributed by atoms with E-state index in [-0.39, 0.29) is 69.1 Å². The van der Waals surface area contributed by atoms with Gasteiger partial charge in [-0.05, 0) is 0 Å². The van der Waals surface area contributed by atoms with E-state index >= 15 is 0 Å². The third-order valence-corrected chi connectivity index (χ3v) is 5.11. The standard InChI is InChI=1S/C20H24F2N4O6/c1-12(27)23-9-15-10-26(20(30)32-15)14-7-16(21)19(17(22)8-14)25-5-3-24(4-6-25)18(29)11-31-13(2)28/h7-8,15H,3-6,9-11H2,1-2H3,(H,23,27). The topological polar surface area (TPSA) is 108 Å². The number of halogens is 2. The molecule has 2 aliphatic rings. The maximum absolute atomic E-state index is 14.8. The van der Waals surface area contributed by atoms with E-state index in [9.17, 15) is 28.0 Å². The van der Waals surface area contributed by atoms with Crippen LogP contribution in [0, 0.1) is 11.6 Å². The van der Waals surface area contributed by atoms with Gasteiger partial charge in [-0.25, -0.2) is 13.6 Å². The van der Waals surface area contributed by atoms with Gasteiger partial charge in [0.15, 0.2) is 18.2 Å². The third kappa shape index (κ3) is 5.42. The summed E-state index contributed by atoms with van der Waals surface area (Å²) in [5, 5.41) is 2.53. The van der Waals surface area contributed by atoms with E-state index in [4.69, 9.17) is 4.74 Å². The minimum Gasteiger partial charge on any atom is -0.456 e. The lowest BCUT2D eigenvalue weighted by Gasteiger charge is -2.36. The fraction of sp³-hybridized carbons (Fsp3) is 0.500. The summed E-state index contributed by atoms with van der Waals surface area (Å²) in [5.74, 6) is -2.92. The van der Waals surface area contributed by atoms with Crippen molar-refractivity contribution in [3.05, 3.63) is 23.8 Å². The molecule has 0 bridgehead atoms. The Morgan fingerprint density at radius 2 is 1.75 bits per heavy atom. The van der Waals surface area contributed by atoms with E-state index in [0.717, 1.165) is 17.0 Å². The van der Waals surface area contributed by atoms with Crippen molar-refractivity contribution in [3.8, 4) is 0 Å². The monoisotopic (exact) mass is 454 g/mol. The van der Waals surface area contributed by atoms with Crippen LogP contribution in [0.15, 0.2) is 12.1 Å². The average Bonchev–Trinajstić information content (AvgIpc) is 3.11. The van der Waals surface area contributed by atoms with E-state index in [1.54, 1.807) is 0 Å². The lowest BCUT2D eigenvalue weighted by molar-refractivity contribution is -0.150. The molecule has 0 radical (unpaired) electrons. The van der Waals surface area contributed by atoms with Gasteiger partial charge in [0.25, 0.3) is 5.91 Å². The normalized spacial score (nSPS) is 18.4. The first-order valence-corrected chi connectivity index (χ1v) is 10.0. The molecule has 174 valence electrons. The van der Waals surface area contributed by atoms with Crippen molar-refractivity contribution in [1.82, 2.24) is 10.2 Å². The molecule has 0 aromatic heterocycles. The van der Waals surface area contributed by atoms with Crippen molar-refractivity contribution in [2.75, 3.05) is 55.7 Å². The fourth-order valence-corrected chi connectivity index (χ4v) is 3.54. The van der Waals surface area contributed by atoms with Crippen LogP contribution >= 0.6 is 0 Å². The number of ether oxygens (including phenoxy) is 2. The lowest BCUT2D eigenvalue weighted by Crippen LogP contribution is -2.50. The molecule has 1 unspecified atom stereocenters. The minimum absolute atomic E-state index is 0.00858. The Bertz CT molecular complexity index is 896. The molecule has 3 rings (SSSR count). The maximum Gasteiger partial charge on any atom is 0.414 e. The number of cyclic esters (lactones) is 1. The SMILES string of the molecule is CC(=O)NCC1CN(c2cc(F)c(N3CCN(C(=O)COC(C)=O)CC3)c(F)c2)C(=O)O1. The second kappa shape index (κ2) is 9.79. The Balaban J connectivity index is 1.64. The van der Waals surface area contributed by atoms with E-state index in [0.29, 0.717) is 0 Å². The van der Waals surface area contributed by atoms with Crippen LogP contribution in [0.2, 0.25) is 0 Å². The summed E-state index contributed by atoms with van der Waals surface area (Å²) >= 11 is 0. The van der Waals surface area contributed by atoms with Crippen molar-refractivity contribution >= 4 is 35.3 Å². The predicted octanol–water partition coefficient (Wildman–Crippen LogP) is 0.638. The van der Waals surface area contributed by atoms with E-state index in [2.05, 4.69) is 10.1 Å². The number of esters is 1. The molecule has 0 saturated carbocycles. The van der Waals surface area contributed by atoms with Crippen LogP contribution in [0.1, 0.15) is 13.8 Å². The molecule has 1 aromatic carbocycles. The van der Waals surface area contributed by atoms with Gasteiger partial charge < -0.3 is 24.6 Å². The van der Waals surface area contributed by atoms with Gasteiger partial charge in [0.05, 0.1) is 18.8 Å². The van der Waals surface area contributed by atoms with Crippen LogP contribution in [0.5, 0.6) is 0 Å². The van der Waals surface area contributed by atoms with Crippen LogP contribution in [-0.2, 0) is 23.9 Å². The van der Waals surface area contributed by atoms with Gasteiger partial charge in [-0.3, -0.25) is 19.3 Å². The summed E-state index contributed by atoms with van der Waals surface area (Å²) in [6.45, 7) is 3.09. The molecule has 2 heterocycles. The van der Waals surface area contributed by atoms with Crippen molar-refractivity contribution in [2.45, 2.75) is 20.0 Å². The summed E-state index contributed by atoms with van der Waals surface area (Å²) in [6.07, 6.45) is -1.39. The molecule has 32 heavy (non-hydrogen) atoms. The Morgan fingerprint density at radius 1 is 1.12 bits per heavy atom. The summed E-state index contributed by atoms with van der Waals surface area (Å²) in [4.78, 5) is 50.0. The van der Waals surface area contributed by atoms with E-state index in [1.807, 2.05) is 0 Å². The molecular formula is C20H24F2N4O6. The molecule has 1 aromatic rings. The van der Waals surface area contributed by atoms with Crippen LogP contribution < -0.4 is 15.1 Å². The molecule has 2 fully saturated rings. The minimum atomic E-state index is -0.849. The smallest absolute Gasteiger partial charge is 0.414 e. The Labute approximate surface area is 183 Å². The number of nitrogens with one attached hydrogen (secondary N) is 1. The summed E-state index contributed by atoms with van der Waals surface area (Å²) < 4.78 is 39.5. The second-order valence-electron chi connectivity index (χ2n) is 7.46. The molecule has 10 nitrogen and oxygen atoms in total. The number of rotatable bonds is 6. The molecule has 0 aliphatic carbocycles. The number of piperazine rings is 1. The van der Waals surface area contributed by atoms with Crippen molar-refractivity contribution in [3.63, 3.8) is 0 Å². The molecular weight excluding hydrogens is 430 g/mol. The number of hydrogen-bond acceptors (Lipinski definition) is 7. The van der Waals surface area contributed by atoms with E-state index in [1.165, 1.54) is 23.6 Å². The van der Waals surface area contributed by atoms with Crippen LogP contribution in [0.4, 0.5) is 25.0 Å². The quantitative estimate of drug-likeness (QED) is 0.629. The van der Waals surface area contributed by atoms with Crippen LogP contribution in [-0.4, -0.2) is 80.8 Å². The molecule has 3 amide bonds. The van der Waals surface area contributed by atoms with Gasteiger partial charge in [-0.15, -0.1) is 0 Å². The van der Waals surface area contributed by atoms with Gasteiger partial charge in [0, 0.05) is 52.2 Å². The van der Waals surface area contributed by atoms with Crippen LogP contribution in [0.3, 0.4) is 0 Å². The largest absolute Gasteiger partial charge is 0.456 e. The molecule has 0 spiro atoms. The van der Waals surface area contributed by atoms with Crippen LogP contribution in [0.25, 0.3) is 0 Å². The number of anilines is 2. The highest BCUT2D eigenvalue weighted by atomic mass is 19.1. The number of carbonyl (C=O) groups excluding carboxylic acids is 4. The molecule has 1 N–H and O–H groups in total. The summed E-state index contributed by atoms with van der Waals surface area (Å²) in [6, 6.07) is 2.11. The zero-order valence-electron chi connectivity index (χ0n) is 17.7. The Kier molecular flexibility index (Phi) is 7.11. The first-order valence-electron chi connectivity index (χ1n) is 10.0. The molecule has 1 atom stereocenters. The average molecular weight is 454 g/mol. The van der Waals surface area contributed by atoms with Gasteiger partial charge >= 0.3 is 12.1 Å². The highest BCUT2D eigenvalue weighted by molar-refractivity contribution is 5.90. The number of carbonyl (C=O) groups is 4. The zero-order chi connectivity index (χ0) is 23.4. The van der Waals surface area contributed by atoms with Gasteiger partial charge in [-0.2, -0.15) is 0 Å². The number of hydrogen-bond donors (Lipinski definition) is 1. The van der Waals surface area contributed by atoms with Gasteiger partial charge in [0.2, 0.25) is 5.91 Å². The highest BCUT2D eigenvalue weighted by Gasteiger charge is 2.34. The van der Waals surface area contributed by atoms with Crippen molar-refractivity contribution in [1.29, 1.82) is 0 Å².